The number of rotatable bonds is 6. The minimum absolute atomic E-state index is 0.385. The summed E-state index contributed by atoms with van der Waals surface area (Å²) in [6, 6.07) is 15.7. The van der Waals surface area contributed by atoms with Gasteiger partial charge in [-0.3, -0.25) is 0 Å². The lowest BCUT2D eigenvalue weighted by Crippen LogP contribution is -2.31. The van der Waals surface area contributed by atoms with Gasteiger partial charge in [0.1, 0.15) is 5.75 Å². The van der Waals surface area contributed by atoms with E-state index < -0.39 is 10.0 Å². The topological polar surface area (TPSA) is 63.9 Å². The second-order valence-corrected chi connectivity index (χ2v) is 12.5. The molecule has 0 atom stereocenters. The molecule has 0 unspecified atom stereocenters. The second-order valence-electron chi connectivity index (χ2n) is 9.72. The van der Waals surface area contributed by atoms with Gasteiger partial charge in [-0.15, -0.1) is 11.3 Å². The fraction of sp³-hybridized carbons (Fsp3) is 0.464. The molecule has 5 rings (SSSR count). The minimum Gasteiger partial charge on any atom is -0.497 e. The quantitative estimate of drug-likeness (QED) is 0.368. The van der Waals surface area contributed by atoms with Gasteiger partial charge in [0.2, 0.25) is 10.0 Å². The molecule has 2 heterocycles. The third kappa shape index (κ3) is 5.45. The van der Waals surface area contributed by atoms with E-state index in [9.17, 15) is 8.42 Å². The lowest BCUT2D eigenvalue weighted by molar-refractivity contribution is 0.351. The van der Waals surface area contributed by atoms with Crippen molar-refractivity contribution in [3.8, 4) is 17.0 Å². The van der Waals surface area contributed by atoms with Crippen LogP contribution in [0.1, 0.15) is 63.8 Å². The largest absolute Gasteiger partial charge is 0.497 e. The Hall–Kier alpha value is -2.42. The predicted molar refractivity (Wildman–Crippen MR) is 145 cm³/mol. The standard InChI is InChI=1S/C28H35N3O3S2/c1-34-25-15-13-23(14-16-25)29-28-31(24-9-5-4-6-10-24)27(21-35-28)22-11-17-26(18-12-22)36(32,33)30-19-7-2-3-8-20-30/h11-18,21,24H,2-10,19-20H2,1H3. The van der Waals surface area contributed by atoms with Crippen LogP contribution in [0.2, 0.25) is 0 Å². The number of benzene rings is 2. The fourth-order valence-electron chi connectivity index (χ4n) is 5.30. The molecular weight excluding hydrogens is 490 g/mol. The third-order valence-corrected chi connectivity index (χ3v) is 10.1. The first-order chi connectivity index (χ1) is 17.6. The maximum atomic E-state index is 13.3. The number of methoxy groups -OCH3 is 1. The normalized spacial score (nSPS) is 18.8. The summed E-state index contributed by atoms with van der Waals surface area (Å²) >= 11 is 1.64. The van der Waals surface area contributed by atoms with Gasteiger partial charge < -0.3 is 9.30 Å². The van der Waals surface area contributed by atoms with Crippen LogP contribution >= 0.6 is 11.3 Å². The Bertz CT molecular complexity index is 1310. The molecule has 0 spiro atoms. The summed E-state index contributed by atoms with van der Waals surface area (Å²) in [7, 11) is -1.79. The number of ether oxygens (including phenoxy) is 1. The molecule has 1 saturated carbocycles. The first-order valence-corrected chi connectivity index (χ1v) is 15.4. The molecule has 192 valence electrons. The van der Waals surface area contributed by atoms with E-state index >= 15 is 0 Å². The average Bonchev–Trinajstić information content (AvgIpc) is 3.13. The molecule has 2 fully saturated rings. The third-order valence-electron chi connectivity index (χ3n) is 7.33. The fourth-order valence-corrected chi connectivity index (χ4v) is 7.80. The predicted octanol–water partition coefficient (Wildman–Crippen LogP) is 6.53. The van der Waals surface area contributed by atoms with Crippen LogP contribution < -0.4 is 9.54 Å². The highest BCUT2D eigenvalue weighted by Gasteiger charge is 2.26. The van der Waals surface area contributed by atoms with E-state index in [1.54, 1.807) is 34.9 Å². The van der Waals surface area contributed by atoms with Crippen LogP contribution in [0.3, 0.4) is 0 Å². The van der Waals surface area contributed by atoms with Crippen LogP contribution in [-0.4, -0.2) is 37.5 Å². The Balaban J connectivity index is 1.50. The molecule has 3 aromatic rings. The Kier molecular flexibility index (Phi) is 7.93. The molecule has 36 heavy (non-hydrogen) atoms. The van der Waals surface area contributed by atoms with E-state index in [1.165, 1.54) is 19.3 Å². The summed E-state index contributed by atoms with van der Waals surface area (Å²) < 4.78 is 35.8. The van der Waals surface area contributed by atoms with Crippen molar-refractivity contribution < 1.29 is 13.2 Å². The van der Waals surface area contributed by atoms with E-state index in [4.69, 9.17) is 9.73 Å². The minimum atomic E-state index is -3.46. The molecule has 1 aromatic heterocycles. The molecule has 8 heteroatoms. The molecule has 0 N–H and O–H groups in total. The van der Waals surface area contributed by atoms with Crippen molar-refractivity contribution in [2.75, 3.05) is 20.2 Å². The summed E-state index contributed by atoms with van der Waals surface area (Å²) in [5.41, 5.74) is 3.04. The summed E-state index contributed by atoms with van der Waals surface area (Å²) in [5, 5.41) is 2.16. The van der Waals surface area contributed by atoms with Crippen LogP contribution in [0.15, 0.2) is 63.8 Å². The summed E-state index contributed by atoms with van der Waals surface area (Å²) in [4.78, 5) is 6.35. The molecule has 6 nitrogen and oxygen atoms in total. The van der Waals surface area contributed by atoms with Gasteiger partial charge in [-0.2, -0.15) is 4.31 Å². The van der Waals surface area contributed by atoms with Crippen molar-refractivity contribution in [1.29, 1.82) is 0 Å². The van der Waals surface area contributed by atoms with Gasteiger partial charge in [-0.05, 0) is 67.6 Å². The van der Waals surface area contributed by atoms with Crippen molar-refractivity contribution in [2.24, 2.45) is 4.99 Å². The molecule has 2 aromatic carbocycles. The van der Waals surface area contributed by atoms with Gasteiger partial charge in [0.05, 0.1) is 23.4 Å². The maximum absolute atomic E-state index is 13.3. The van der Waals surface area contributed by atoms with Gasteiger partial charge in [-0.25, -0.2) is 13.4 Å². The summed E-state index contributed by atoms with van der Waals surface area (Å²) in [5.74, 6) is 0.816. The van der Waals surface area contributed by atoms with Crippen molar-refractivity contribution in [1.82, 2.24) is 8.87 Å². The smallest absolute Gasteiger partial charge is 0.243 e. The molecule has 2 aliphatic rings. The van der Waals surface area contributed by atoms with Gasteiger partial charge in [0.25, 0.3) is 0 Å². The first kappa shape index (κ1) is 25.2. The monoisotopic (exact) mass is 525 g/mol. The lowest BCUT2D eigenvalue weighted by Gasteiger charge is -2.25. The van der Waals surface area contributed by atoms with Crippen molar-refractivity contribution in [3.63, 3.8) is 0 Å². The number of hydrogen-bond acceptors (Lipinski definition) is 5. The molecular formula is C28H35N3O3S2. The van der Waals surface area contributed by atoms with Crippen LogP contribution in [0.5, 0.6) is 5.75 Å². The summed E-state index contributed by atoms with van der Waals surface area (Å²) in [6.45, 7) is 1.24. The van der Waals surface area contributed by atoms with Crippen LogP contribution in [0, 0.1) is 0 Å². The van der Waals surface area contributed by atoms with Crippen LogP contribution in [-0.2, 0) is 10.0 Å². The zero-order valence-electron chi connectivity index (χ0n) is 20.9. The first-order valence-electron chi connectivity index (χ1n) is 13.1. The van der Waals surface area contributed by atoms with Gasteiger partial charge in [0, 0.05) is 24.5 Å². The number of aromatic nitrogens is 1. The summed E-state index contributed by atoms with van der Waals surface area (Å²) in [6.07, 6.45) is 10.1. The highest BCUT2D eigenvalue weighted by molar-refractivity contribution is 7.89. The second kappa shape index (κ2) is 11.3. The van der Waals surface area contributed by atoms with E-state index in [0.717, 1.165) is 66.0 Å². The van der Waals surface area contributed by atoms with E-state index in [-0.39, 0.29) is 0 Å². The maximum Gasteiger partial charge on any atom is 0.243 e. The Morgan fingerprint density at radius 2 is 1.50 bits per heavy atom. The van der Waals surface area contributed by atoms with Crippen molar-refractivity contribution in [3.05, 3.63) is 58.7 Å². The number of sulfonamides is 1. The highest BCUT2D eigenvalue weighted by Crippen LogP contribution is 2.33. The van der Waals surface area contributed by atoms with Crippen molar-refractivity contribution in [2.45, 2.75) is 68.7 Å². The average molecular weight is 526 g/mol. The van der Waals surface area contributed by atoms with E-state index in [1.807, 2.05) is 36.4 Å². The SMILES string of the molecule is COc1ccc(N=c2scc(-c3ccc(S(=O)(=O)N4CCCCCC4)cc3)n2C2CCCCC2)cc1. The van der Waals surface area contributed by atoms with E-state index in [2.05, 4.69) is 9.95 Å². The van der Waals surface area contributed by atoms with Crippen LogP contribution in [0.4, 0.5) is 5.69 Å². The molecule has 1 aliphatic carbocycles. The van der Waals surface area contributed by atoms with Gasteiger partial charge in [0.15, 0.2) is 4.80 Å². The van der Waals surface area contributed by atoms with Crippen molar-refractivity contribution >= 4 is 27.0 Å². The van der Waals surface area contributed by atoms with E-state index in [0.29, 0.717) is 24.0 Å². The highest BCUT2D eigenvalue weighted by atomic mass is 32.2. The molecule has 0 amide bonds. The number of hydrogen-bond donors (Lipinski definition) is 0. The Labute approximate surface area is 218 Å². The Morgan fingerprint density at radius 3 is 2.14 bits per heavy atom. The van der Waals surface area contributed by atoms with Crippen LogP contribution in [0.25, 0.3) is 11.3 Å². The molecule has 0 bridgehead atoms. The zero-order valence-corrected chi connectivity index (χ0v) is 22.6. The lowest BCUT2D eigenvalue weighted by atomic mass is 9.95. The molecule has 1 aliphatic heterocycles. The van der Waals surface area contributed by atoms with Gasteiger partial charge in [-0.1, -0.05) is 44.2 Å². The number of nitrogens with zero attached hydrogens (tertiary/aromatic N) is 3. The number of thiazole rings is 1. The Morgan fingerprint density at radius 1 is 0.861 bits per heavy atom. The molecule has 1 saturated heterocycles. The zero-order chi connectivity index (χ0) is 25.0. The van der Waals surface area contributed by atoms with Gasteiger partial charge >= 0.3 is 0 Å². The molecule has 0 radical (unpaired) electrons.